The lowest BCUT2D eigenvalue weighted by Gasteiger charge is -1.92. The standard InChI is InChI=1S/C8H11N3O2/c1-3-13-8(12)5-4-7-6-11(2)10-9-7/h4-6H,3H2,1-2H3/b5-4-. The lowest BCUT2D eigenvalue weighted by molar-refractivity contribution is -0.137. The monoisotopic (exact) mass is 181 g/mol. The van der Waals surface area contributed by atoms with Gasteiger partial charge in [-0.15, -0.1) is 5.10 Å². The van der Waals surface area contributed by atoms with E-state index in [0.717, 1.165) is 0 Å². The van der Waals surface area contributed by atoms with Crippen molar-refractivity contribution < 1.29 is 9.53 Å². The molecule has 0 aliphatic rings. The van der Waals surface area contributed by atoms with Crippen molar-refractivity contribution >= 4 is 12.0 Å². The minimum atomic E-state index is -0.367. The molecule has 0 aliphatic heterocycles. The van der Waals surface area contributed by atoms with Crippen LogP contribution in [-0.4, -0.2) is 27.6 Å². The fourth-order valence-corrected chi connectivity index (χ4v) is 0.785. The van der Waals surface area contributed by atoms with E-state index < -0.39 is 0 Å². The SMILES string of the molecule is CCOC(=O)/C=C\c1cn(C)nn1. The number of nitrogens with zero attached hydrogens (tertiary/aromatic N) is 3. The Labute approximate surface area is 76.0 Å². The van der Waals surface area contributed by atoms with Gasteiger partial charge in [-0.05, 0) is 13.0 Å². The molecule has 0 amide bonds. The van der Waals surface area contributed by atoms with Gasteiger partial charge in [0.25, 0.3) is 0 Å². The van der Waals surface area contributed by atoms with Gasteiger partial charge < -0.3 is 4.74 Å². The van der Waals surface area contributed by atoms with Crippen molar-refractivity contribution in [3.63, 3.8) is 0 Å². The van der Waals surface area contributed by atoms with Gasteiger partial charge in [-0.1, -0.05) is 5.21 Å². The van der Waals surface area contributed by atoms with Crippen molar-refractivity contribution in [3.8, 4) is 0 Å². The van der Waals surface area contributed by atoms with Crippen molar-refractivity contribution in [1.82, 2.24) is 15.0 Å². The van der Waals surface area contributed by atoms with Crippen LogP contribution in [0.25, 0.3) is 6.08 Å². The fourth-order valence-electron chi connectivity index (χ4n) is 0.785. The van der Waals surface area contributed by atoms with Gasteiger partial charge in [-0.3, -0.25) is 4.68 Å². The third kappa shape index (κ3) is 3.06. The summed E-state index contributed by atoms with van der Waals surface area (Å²) in [6.45, 7) is 2.14. The number of rotatable bonds is 3. The van der Waals surface area contributed by atoms with Crippen LogP contribution < -0.4 is 0 Å². The molecule has 70 valence electrons. The Hall–Kier alpha value is -1.65. The summed E-state index contributed by atoms with van der Waals surface area (Å²) in [7, 11) is 1.76. The van der Waals surface area contributed by atoms with Gasteiger partial charge in [0.1, 0.15) is 5.69 Å². The molecular formula is C8H11N3O2. The number of hydrogen-bond acceptors (Lipinski definition) is 4. The van der Waals surface area contributed by atoms with Crippen LogP contribution in [0.5, 0.6) is 0 Å². The first-order chi connectivity index (χ1) is 6.22. The smallest absolute Gasteiger partial charge is 0.330 e. The third-order valence-electron chi connectivity index (χ3n) is 1.30. The molecule has 0 spiro atoms. The van der Waals surface area contributed by atoms with E-state index in [1.165, 1.54) is 6.08 Å². The summed E-state index contributed by atoms with van der Waals surface area (Å²) in [6, 6.07) is 0. The van der Waals surface area contributed by atoms with Crippen molar-refractivity contribution in [2.75, 3.05) is 6.61 Å². The average Bonchev–Trinajstić information content (AvgIpc) is 2.49. The minimum absolute atomic E-state index is 0.367. The molecule has 0 atom stereocenters. The first kappa shape index (κ1) is 9.44. The molecule has 0 radical (unpaired) electrons. The molecule has 5 nitrogen and oxygen atoms in total. The number of ether oxygens (including phenoxy) is 1. The molecule has 5 heteroatoms. The molecule has 1 aromatic rings. The maximum atomic E-state index is 10.9. The third-order valence-corrected chi connectivity index (χ3v) is 1.30. The topological polar surface area (TPSA) is 57.0 Å². The zero-order chi connectivity index (χ0) is 9.68. The summed E-state index contributed by atoms with van der Waals surface area (Å²) in [6.07, 6.45) is 4.59. The molecule has 13 heavy (non-hydrogen) atoms. The second-order valence-corrected chi connectivity index (χ2v) is 2.40. The highest BCUT2D eigenvalue weighted by molar-refractivity contribution is 5.86. The summed E-state index contributed by atoms with van der Waals surface area (Å²) in [5.74, 6) is -0.367. The van der Waals surface area contributed by atoms with Crippen LogP contribution in [0, 0.1) is 0 Å². The molecule has 0 aromatic carbocycles. The zero-order valence-electron chi connectivity index (χ0n) is 7.60. The van der Waals surface area contributed by atoms with Gasteiger partial charge in [-0.25, -0.2) is 4.79 Å². The Kier molecular flexibility index (Phi) is 3.19. The van der Waals surface area contributed by atoms with Gasteiger partial charge in [0, 0.05) is 13.1 Å². The largest absolute Gasteiger partial charge is 0.463 e. The molecule has 0 saturated carbocycles. The number of carbonyl (C=O) groups is 1. The first-order valence-electron chi connectivity index (χ1n) is 3.93. The van der Waals surface area contributed by atoms with Gasteiger partial charge in [0.05, 0.1) is 12.8 Å². The van der Waals surface area contributed by atoms with Gasteiger partial charge in [-0.2, -0.15) is 0 Å². The first-order valence-corrected chi connectivity index (χ1v) is 3.93. The molecule has 0 fully saturated rings. The Balaban J connectivity index is 2.53. The maximum absolute atomic E-state index is 10.9. The van der Waals surface area contributed by atoms with Crippen LogP contribution in [0.2, 0.25) is 0 Å². The summed E-state index contributed by atoms with van der Waals surface area (Å²) in [5, 5.41) is 7.47. The Morgan fingerprint density at radius 3 is 3.08 bits per heavy atom. The highest BCUT2D eigenvalue weighted by Gasteiger charge is 1.95. The Morgan fingerprint density at radius 1 is 1.77 bits per heavy atom. The maximum Gasteiger partial charge on any atom is 0.330 e. The lowest BCUT2D eigenvalue weighted by atomic mass is 10.4. The summed E-state index contributed by atoms with van der Waals surface area (Å²) in [5.41, 5.74) is 0.635. The second-order valence-electron chi connectivity index (χ2n) is 2.40. The molecule has 1 aromatic heterocycles. The highest BCUT2D eigenvalue weighted by Crippen LogP contribution is 1.95. The van der Waals surface area contributed by atoms with Gasteiger partial charge in [0.2, 0.25) is 0 Å². The Morgan fingerprint density at radius 2 is 2.54 bits per heavy atom. The fraction of sp³-hybridized carbons (Fsp3) is 0.375. The van der Waals surface area contributed by atoms with E-state index in [9.17, 15) is 4.79 Å². The second kappa shape index (κ2) is 4.39. The summed E-state index contributed by atoms with van der Waals surface area (Å²) in [4.78, 5) is 10.9. The van der Waals surface area contributed by atoms with Gasteiger partial charge in [0.15, 0.2) is 0 Å². The average molecular weight is 181 g/mol. The van der Waals surface area contributed by atoms with E-state index in [0.29, 0.717) is 12.3 Å². The number of hydrogen-bond donors (Lipinski definition) is 0. The van der Waals surface area contributed by atoms with Crippen LogP contribution in [0.1, 0.15) is 12.6 Å². The number of aryl methyl sites for hydroxylation is 1. The zero-order valence-corrected chi connectivity index (χ0v) is 7.60. The van der Waals surface area contributed by atoms with Crippen molar-refractivity contribution in [1.29, 1.82) is 0 Å². The molecular weight excluding hydrogens is 170 g/mol. The highest BCUT2D eigenvalue weighted by atomic mass is 16.5. The van der Waals surface area contributed by atoms with Crippen molar-refractivity contribution in [2.45, 2.75) is 6.92 Å². The molecule has 0 saturated heterocycles. The lowest BCUT2D eigenvalue weighted by Crippen LogP contribution is -1.98. The quantitative estimate of drug-likeness (QED) is 0.500. The minimum Gasteiger partial charge on any atom is -0.463 e. The molecule has 0 aliphatic carbocycles. The van der Waals surface area contributed by atoms with E-state index in [2.05, 4.69) is 15.0 Å². The molecule has 0 unspecified atom stereocenters. The predicted molar refractivity (Wildman–Crippen MR) is 46.7 cm³/mol. The van der Waals surface area contributed by atoms with E-state index in [1.54, 1.807) is 30.9 Å². The molecule has 0 bridgehead atoms. The Bertz CT molecular complexity index is 317. The van der Waals surface area contributed by atoms with Crippen LogP contribution in [0.15, 0.2) is 12.3 Å². The van der Waals surface area contributed by atoms with Crippen LogP contribution in [0.3, 0.4) is 0 Å². The van der Waals surface area contributed by atoms with E-state index in [-0.39, 0.29) is 5.97 Å². The van der Waals surface area contributed by atoms with E-state index in [4.69, 9.17) is 0 Å². The predicted octanol–water partition coefficient (Wildman–Crippen LogP) is 0.391. The van der Waals surface area contributed by atoms with Crippen molar-refractivity contribution in [3.05, 3.63) is 18.0 Å². The van der Waals surface area contributed by atoms with Gasteiger partial charge >= 0.3 is 5.97 Å². The van der Waals surface area contributed by atoms with Crippen LogP contribution in [-0.2, 0) is 16.6 Å². The number of carbonyl (C=O) groups excluding carboxylic acids is 1. The van der Waals surface area contributed by atoms with E-state index in [1.807, 2.05) is 0 Å². The normalized spacial score (nSPS) is 10.6. The van der Waals surface area contributed by atoms with Crippen molar-refractivity contribution in [2.24, 2.45) is 7.05 Å². The molecule has 1 rings (SSSR count). The molecule has 0 N–H and O–H groups in total. The van der Waals surface area contributed by atoms with E-state index >= 15 is 0 Å². The van der Waals surface area contributed by atoms with Crippen LogP contribution >= 0.6 is 0 Å². The number of aromatic nitrogens is 3. The summed E-state index contributed by atoms with van der Waals surface area (Å²) < 4.78 is 6.25. The van der Waals surface area contributed by atoms with Crippen LogP contribution in [0.4, 0.5) is 0 Å². The number of esters is 1. The summed E-state index contributed by atoms with van der Waals surface area (Å²) >= 11 is 0. The molecule has 1 heterocycles.